The molecule has 1 rings (SSSR count). The Bertz CT molecular complexity index is 366. The summed E-state index contributed by atoms with van der Waals surface area (Å²) in [5, 5.41) is 22.0. The van der Waals surface area contributed by atoms with Gasteiger partial charge in [-0.3, -0.25) is 0 Å². The van der Waals surface area contributed by atoms with Gasteiger partial charge in [0.05, 0.1) is 6.54 Å². The van der Waals surface area contributed by atoms with E-state index in [4.69, 9.17) is 10.2 Å². The molecule has 0 saturated carbocycles. The number of amides is 2. The minimum Gasteiger partial charge on any atom is -0.479 e. The summed E-state index contributed by atoms with van der Waals surface area (Å²) in [4.78, 5) is 21.5. The SMILES string of the molecule is O=C(NCC(O)C(=O)O)Nc1ccccc1. The number of rotatable bonds is 4. The van der Waals surface area contributed by atoms with Crippen LogP contribution in [-0.4, -0.2) is 34.9 Å². The maximum Gasteiger partial charge on any atom is 0.334 e. The summed E-state index contributed by atoms with van der Waals surface area (Å²) in [6.07, 6.45) is -1.60. The van der Waals surface area contributed by atoms with Crippen LogP contribution in [0.2, 0.25) is 0 Å². The Balaban J connectivity index is 2.35. The van der Waals surface area contributed by atoms with Crippen molar-refractivity contribution in [1.82, 2.24) is 5.32 Å². The molecular weight excluding hydrogens is 212 g/mol. The Morgan fingerprint density at radius 1 is 1.25 bits per heavy atom. The molecule has 0 aliphatic rings. The fourth-order valence-corrected chi connectivity index (χ4v) is 0.973. The predicted molar refractivity (Wildman–Crippen MR) is 57.1 cm³/mol. The van der Waals surface area contributed by atoms with Crippen molar-refractivity contribution in [3.8, 4) is 0 Å². The van der Waals surface area contributed by atoms with Crippen LogP contribution in [0.25, 0.3) is 0 Å². The number of nitrogens with one attached hydrogen (secondary N) is 2. The lowest BCUT2D eigenvalue weighted by molar-refractivity contribution is -0.146. The molecule has 16 heavy (non-hydrogen) atoms. The minimum atomic E-state index is -1.60. The van der Waals surface area contributed by atoms with Crippen LogP contribution in [0.15, 0.2) is 30.3 Å². The van der Waals surface area contributed by atoms with Gasteiger partial charge in [-0.1, -0.05) is 18.2 Å². The lowest BCUT2D eigenvalue weighted by Gasteiger charge is -2.09. The fraction of sp³-hybridized carbons (Fsp3) is 0.200. The first-order chi connectivity index (χ1) is 7.59. The average Bonchev–Trinajstić information content (AvgIpc) is 2.27. The quantitative estimate of drug-likeness (QED) is 0.589. The number of aliphatic hydroxyl groups is 1. The molecule has 0 aliphatic carbocycles. The third kappa shape index (κ3) is 3.97. The van der Waals surface area contributed by atoms with E-state index in [2.05, 4.69) is 10.6 Å². The average molecular weight is 224 g/mol. The molecule has 0 aliphatic heterocycles. The second-order valence-corrected chi connectivity index (χ2v) is 3.06. The van der Waals surface area contributed by atoms with Gasteiger partial charge in [-0.05, 0) is 12.1 Å². The summed E-state index contributed by atoms with van der Waals surface area (Å²) in [7, 11) is 0. The highest BCUT2D eigenvalue weighted by Gasteiger charge is 2.13. The summed E-state index contributed by atoms with van der Waals surface area (Å²) in [6.45, 7) is -0.339. The Kier molecular flexibility index (Phi) is 4.28. The number of aliphatic carboxylic acids is 1. The third-order valence-corrected chi connectivity index (χ3v) is 1.77. The highest BCUT2D eigenvalue weighted by molar-refractivity contribution is 5.89. The van der Waals surface area contributed by atoms with Crippen LogP contribution < -0.4 is 10.6 Å². The summed E-state index contributed by atoms with van der Waals surface area (Å²) in [5.74, 6) is -1.37. The van der Waals surface area contributed by atoms with Gasteiger partial charge in [0.25, 0.3) is 0 Å². The first kappa shape index (κ1) is 12.0. The fourth-order valence-electron chi connectivity index (χ4n) is 0.973. The van der Waals surface area contributed by atoms with E-state index in [9.17, 15) is 9.59 Å². The molecular formula is C10H12N2O4. The number of hydrogen-bond donors (Lipinski definition) is 4. The topological polar surface area (TPSA) is 98.7 Å². The Morgan fingerprint density at radius 3 is 2.44 bits per heavy atom. The summed E-state index contributed by atoms with van der Waals surface area (Å²) >= 11 is 0. The molecule has 0 bridgehead atoms. The molecule has 0 heterocycles. The number of hydrogen-bond acceptors (Lipinski definition) is 3. The Morgan fingerprint density at radius 2 is 1.88 bits per heavy atom. The van der Waals surface area contributed by atoms with Gasteiger partial charge in [-0.15, -0.1) is 0 Å². The number of para-hydroxylation sites is 1. The van der Waals surface area contributed by atoms with Crippen molar-refractivity contribution in [3.63, 3.8) is 0 Å². The van der Waals surface area contributed by atoms with Crippen molar-refractivity contribution >= 4 is 17.7 Å². The van der Waals surface area contributed by atoms with Gasteiger partial charge in [0.15, 0.2) is 6.10 Å². The second-order valence-electron chi connectivity index (χ2n) is 3.06. The second kappa shape index (κ2) is 5.72. The molecule has 86 valence electrons. The Labute approximate surface area is 91.9 Å². The van der Waals surface area contributed by atoms with E-state index in [0.29, 0.717) is 5.69 Å². The highest BCUT2D eigenvalue weighted by Crippen LogP contribution is 2.03. The number of benzene rings is 1. The van der Waals surface area contributed by atoms with Gasteiger partial charge < -0.3 is 20.8 Å². The van der Waals surface area contributed by atoms with Crippen LogP contribution in [0.4, 0.5) is 10.5 Å². The molecule has 2 amide bonds. The lowest BCUT2D eigenvalue weighted by Crippen LogP contribution is -2.38. The molecule has 1 aromatic carbocycles. The predicted octanol–water partition coefficient (Wildman–Crippen LogP) is 0.254. The first-order valence-corrected chi connectivity index (χ1v) is 4.60. The van der Waals surface area contributed by atoms with E-state index in [-0.39, 0.29) is 6.54 Å². The summed E-state index contributed by atoms with van der Waals surface area (Å²) < 4.78 is 0. The molecule has 0 fully saturated rings. The van der Waals surface area contributed by atoms with Gasteiger partial charge in [0.2, 0.25) is 0 Å². The number of carbonyl (C=O) groups excluding carboxylic acids is 1. The molecule has 6 nitrogen and oxygen atoms in total. The number of anilines is 1. The van der Waals surface area contributed by atoms with E-state index in [0.717, 1.165) is 0 Å². The number of carbonyl (C=O) groups is 2. The van der Waals surface area contributed by atoms with Gasteiger partial charge in [-0.25, -0.2) is 9.59 Å². The monoisotopic (exact) mass is 224 g/mol. The van der Waals surface area contributed by atoms with Crippen molar-refractivity contribution in [3.05, 3.63) is 30.3 Å². The van der Waals surface area contributed by atoms with Crippen LogP contribution >= 0.6 is 0 Å². The van der Waals surface area contributed by atoms with Crippen molar-refractivity contribution < 1.29 is 19.8 Å². The minimum absolute atomic E-state index is 0.339. The molecule has 1 aromatic rings. The molecule has 6 heteroatoms. The first-order valence-electron chi connectivity index (χ1n) is 4.60. The lowest BCUT2D eigenvalue weighted by atomic mass is 10.3. The molecule has 0 aromatic heterocycles. The molecule has 1 unspecified atom stereocenters. The van der Waals surface area contributed by atoms with E-state index in [1.807, 2.05) is 0 Å². The third-order valence-electron chi connectivity index (χ3n) is 1.77. The normalized spacial score (nSPS) is 11.6. The number of carboxylic acids is 1. The maximum atomic E-state index is 11.2. The highest BCUT2D eigenvalue weighted by atomic mass is 16.4. The van der Waals surface area contributed by atoms with E-state index >= 15 is 0 Å². The zero-order valence-electron chi connectivity index (χ0n) is 8.38. The van der Waals surface area contributed by atoms with Crippen molar-refractivity contribution in [2.45, 2.75) is 6.10 Å². The van der Waals surface area contributed by atoms with E-state index < -0.39 is 18.1 Å². The van der Waals surface area contributed by atoms with Crippen molar-refractivity contribution in [1.29, 1.82) is 0 Å². The van der Waals surface area contributed by atoms with Crippen molar-refractivity contribution in [2.24, 2.45) is 0 Å². The number of carboxylic acid groups (broad SMARTS) is 1. The van der Waals surface area contributed by atoms with Crippen LogP contribution in [0.3, 0.4) is 0 Å². The van der Waals surface area contributed by atoms with Gasteiger partial charge >= 0.3 is 12.0 Å². The smallest absolute Gasteiger partial charge is 0.334 e. The van der Waals surface area contributed by atoms with Gasteiger partial charge in [0.1, 0.15) is 0 Å². The Hall–Kier alpha value is -2.08. The van der Waals surface area contributed by atoms with E-state index in [1.54, 1.807) is 30.3 Å². The molecule has 0 saturated heterocycles. The molecule has 0 radical (unpaired) electrons. The van der Waals surface area contributed by atoms with Crippen molar-refractivity contribution in [2.75, 3.05) is 11.9 Å². The van der Waals surface area contributed by atoms with Crippen LogP contribution in [0.1, 0.15) is 0 Å². The van der Waals surface area contributed by atoms with Gasteiger partial charge in [-0.2, -0.15) is 0 Å². The summed E-state index contributed by atoms with van der Waals surface area (Å²) in [5.41, 5.74) is 0.588. The standard InChI is InChI=1S/C10H12N2O4/c13-8(9(14)15)6-11-10(16)12-7-4-2-1-3-5-7/h1-5,8,13H,6H2,(H,14,15)(H2,11,12,16). The largest absolute Gasteiger partial charge is 0.479 e. The van der Waals surface area contributed by atoms with Crippen LogP contribution in [0, 0.1) is 0 Å². The maximum absolute atomic E-state index is 11.2. The van der Waals surface area contributed by atoms with E-state index in [1.165, 1.54) is 0 Å². The van der Waals surface area contributed by atoms with Crippen LogP contribution in [0.5, 0.6) is 0 Å². The molecule has 1 atom stereocenters. The molecule has 0 spiro atoms. The zero-order valence-corrected chi connectivity index (χ0v) is 8.38. The van der Waals surface area contributed by atoms with Gasteiger partial charge in [0, 0.05) is 5.69 Å². The number of aliphatic hydroxyl groups excluding tert-OH is 1. The zero-order chi connectivity index (χ0) is 12.0. The van der Waals surface area contributed by atoms with Crippen LogP contribution in [-0.2, 0) is 4.79 Å². The molecule has 4 N–H and O–H groups in total. The summed E-state index contributed by atoms with van der Waals surface area (Å²) in [6, 6.07) is 8.12. The number of urea groups is 1.